The number of fused-ring (bicyclic) bond motifs is 3. The summed E-state index contributed by atoms with van der Waals surface area (Å²) in [7, 11) is 0. The molecule has 0 unspecified atom stereocenters. The van der Waals surface area contributed by atoms with Crippen LogP contribution in [0.15, 0.2) is 176 Å². The van der Waals surface area contributed by atoms with Gasteiger partial charge in [-0.25, -0.2) is 4.98 Å². The largest absolute Gasteiger partial charge is 0.296 e. The van der Waals surface area contributed by atoms with E-state index in [-0.39, 0.29) is 23.5 Å². The van der Waals surface area contributed by atoms with Crippen molar-refractivity contribution in [2.45, 2.75) is 13.2 Å². The molecular weight excluding hydrogens is 593 g/mol. The van der Waals surface area contributed by atoms with Gasteiger partial charge in [0.05, 0.1) is 17.9 Å². The summed E-state index contributed by atoms with van der Waals surface area (Å²) < 4.78 is 86.6. The second-order valence-corrected chi connectivity index (χ2v) is 11.9. The molecule has 9 aromatic rings. The van der Waals surface area contributed by atoms with Crippen LogP contribution in [-0.4, -0.2) is 9.55 Å². The van der Waals surface area contributed by atoms with Crippen LogP contribution in [0.25, 0.3) is 82.8 Å². The Labute approximate surface area is 300 Å². The lowest BCUT2D eigenvalue weighted by atomic mass is 9.84. The number of rotatable bonds is 6. The molecule has 9 rings (SSSR count). The summed E-state index contributed by atoms with van der Waals surface area (Å²) in [5.41, 5.74) is 7.61. The first-order chi connectivity index (χ1) is 28.3. The lowest BCUT2D eigenvalue weighted by Crippen LogP contribution is -2.00. The molecule has 0 N–H and O–H groups in total. The topological polar surface area (TPSA) is 17.8 Å². The van der Waals surface area contributed by atoms with Crippen LogP contribution < -0.4 is 0 Å². The van der Waals surface area contributed by atoms with E-state index in [0.717, 1.165) is 54.9 Å². The smallest absolute Gasteiger partial charge is 0.114 e. The lowest BCUT2D eigenvalue weighted by Gasteiger charge is -2.19. The average molecular weight is 637 g/mol. The van der Waals surface area contributed by atoms with Crippen molar-refractivity contribution in [2.75, 3.05) is 0 Å². The van der Waals surface area contributed by atoms with Crippen molar-refractivity contribution < 1.29 is 13.7 Å². The number of imidazole rings is 1. The fourth-order valence-corrected chi connectivity index (χ4v) is 6.99. The van der Waals surface area contributed by atoms with Crippen molar-refractivity contribution in [1.29, 1.82) is 0 Å². The van der Waals surface area contributed by atoms with Gasteiger partial charge in [0.1, 0.15) is 5.82 Å². The summed E-state index contributed by atoms with van der Waals surface area (Å²) in [5.74, 6) is -0.211. The lowest BCUT2D eigenvalue weighted by molar-refractivity contribution is 0.908. The van der Waals surface area contributed by atoms with Gasteiger partial charge in [-0.3, -0.25) is 4.57 Å². The second kappa shape index (κ2) is 12.1. The SMILES string of the molecule is [2H]c1c([2H])c([2H])c(-c2c3ccccc3c(-c3cccc(-c4cccc(-n5c(C([2H])([2H])C([2H])([2H])[2H])nc6ccccc65)c4)c3)c3ccc(-c4ccccc4)cc23)c([2H])c1[2H]. The van der Waals surface area contributed by atoms with E-state index in [9.17, 15) is 0 Å². The molecule has 0 radical (unpaired) electrons. The van der Waals surface area contributed by atoms with E-state index in [1.807, 2.05) is 121 Å². The minimum atomic E-state index is -2.97. The molecule has 49 heavy (non-hydrogen) atoms. The first-order valence-corrected chi connectivity index (χ1v) is 16.1. The van der Waals surface area contributed by atoms with Gasteiger partial charge >= 0.3 is 0 Å². The van der Waals surface area contributed by atoms with E-state index >= 15 is 0 Å². The van der Waals surface area contributed by atoms with Gasteiger partial charge in [-0.2, -0.15) is 0 Å². The Morgan fingerprint density at radius 1 is 0.531 bits per heavy atom. The normalized spacial score (nSPS) is 14.9. The van der Waals surface area contributed by atoms with Crippen molar-refractivity contribution in [3.63, 3.8) is 0 Å². The number of para-hydroxylation sites is 2. The third kappa shape index (κ3) is 5.01. The Balaban J connectivity index is 1.29. The van der Waals surface area contributed by atoms with Gasteiger partial charge in [0.15, 0.2) is 0 Å². The maximum atomic E-state index is 9.05. The van der Waals surface area contributed by atoms with Crippen LogP contribution in [0.1, 0.15) is 26.4 Å². The fraction of sp³-hybridized carbons (Fsp3) is 0.0426. The molecule has 0 amide bonds. The number of hydrogen-bond donors (Lipinski definition) is 0. The summed E-state index contributed by atoms with van der Waals surface area (Å²) in [6.07, 6.45) is -2.74. The molecule has 1 aromatic heterocycles. The van der Waals surface area contributed by atoms with Gasteiger partial charge in [0.2, 0.25) is 0 Å². The van der Waals surface area contributed by atoms with Crippen LogP contribution in [0.5, 0.6) is 0 Å². The van der Waals surface area contributed by atoms with Crippen molar-refractivity contribution in [1.82, 2.24) is 9.55 Å². The van der Waals surface area contributed by atoms with Gasteiger partial charge < -0.3 is 0 Å². The summed E-state index contributed by atoms with van der Waals surface area (Å²) in [6.45, 7) is -2.97. The highest BCUT2D eigenvalue weighted by Gasteiger charge is 2.18. The minimum absolute atomic E-state index is 0.133. The van der Waals surface area contributed by atoms with Crippen molar-refractivity contribution in [3.8, 4) is 50.2 Å². The monoisotopic (exact) mass is 636 g/mol. The zero-order valence-corrected chi connectivity index (χ0v) is 26.3. The minimum Gasteiger partial charge on any atom is -0.296 e. The number of benzene rings is 8. The molecule has 0 saturated heterocycles. The number of nitrogens with zero attached hydrogens (tertiary/aromatic N) is 2. The maximum Gasteiger partial charge on any atom is 0.114 e. The van der Waals surface area contributed by atoms with Gasteiger partial charge in [0.25, 0.3) is 0 Å². The van der Waals surface area contributed by atoms with E-state index in [0.29, 0.717) is 22.3 Å². The highest BCUT2D eigenvalue weighted by Crippen LogP contribution is 2.45. The zero-order valence-electron chi connectivity index (χ0n) is 36.3. The predicted octanol–water partition coefficient (Wildman–Crippen LogP) is 12.6. The van der Waals surface area contributed by atoms with Crippen molar-refractivity contribution >= 4 is 32.6 Å². The molecule has 0 spiro atoms. The quantitative estimate of drug-likeness (QED) is 0.166. The number of hydrogen-bond acceptors (Lipinski definition) is 1. The molecule has 8 aromatic carbocycles. The Morgan fingerprint density at radius 2 is 1.16 bits per heavy atom. The van der Waals surface area contributed by atoms with Crippen molar-refractivity contribution in [2.24, 2.45) is 0 Å². The van der Waals surface area contributed by atoms with Gasteiger partial charge in [-0.15, -0.1) is 0 Å². The molecule has 0 aliphatic rings. The van der Waals surface area contributed by atoms with E-state index in [2.05, 4.69) is 11.1 Å². The highest BCUT2D eigenvalue weighted by atomic mass is 15.1. The Kier molecular flexibility index (Phi) is 4.98. The first kappa shape index (κ1) is 20.2. The maximum absolute atomic E-state index is 9.05. The number of aromatic nitrogens is 2. The molecule has 0 aliphatic heterocycles. The van der Waals surface area contributed by atoms with E-state index < -0.39 is 31.4 Å². The molecule has 0 saturated carbocycles. The van der Waals surface area contributed by atoms with Gasteiger partial charge in [-0.05, 0) is 102 Å². The van der Waals surface area contributed by atoms with Crippen LogP contribution in [0.4, 0.5) is 0 Å². The highest BCUT2D eigenvalue weighted by molar-refractivity contribution is 6.22. The van der Waals surface area contributed by atoms with Crippen LogP contribution in [0, 0.1) is 0 Å². The summed E-state index contributed by atoms with van der Waals surface area (Å²) in [5, 5.41) is 3.13. The summed E-state index contributed by atoms with van der Waals surface area (Å²) in [4.78, 5) is 4.49. The standard InChI is InChI=1S/C47H34N2/c1-2-45-48-43-25-11-12-26-44(43)49(45)38-22-14-20-35(30-38)34-19-13-21-37(29-34)47-40-24-10-9-23-39(40)46(33-17-7-4-8-18-33)42-31-36(27-28-41(42)47)32-15-5-3-6-16-32/h3-31H,2H2,1H3/i1D3,2D2,4D,7D,8D,17D,18D. The first-order valence-electron chi connectivity index (χ1n) is 21.1. The molecule has 2 heteroatoms. The van der Waals surface area contributed by atoms with Gasteiger partial charge in [0, 0.05) is 18.9 Å². The van der Waals surface area contributed by atoms with Crippen LogP contribution >= 0.6 is 0 Å². The van der Waals surface area contributed by atoms with Crippen LogP contribution in [0.3, 0.4) is 0 Å². The molecule has 1 heterocycles. The zero-order chi connectivity index (χ0) is 41.4. The van der Waals surface area contributed by atoms with Crippen molar-refractivity contribution in [3.05, 3.63) is 182 Å². The molecular formula is C47H34N2. The van der Waals surface area contributed by atoms with Crippen LogP contribution in [0.2, 0.25) is 0 Å². The summed E-state index contributed by atoms with van der Waals surface area (Å²) >= 11 is 0. The van der Waals surface area contributed by atoms with E-state index in [4.69, 9.17) is 13.7 Å². The molecule has 0 aliphatic carbocycles. The Bertz CT molecular complexity index is 3100. The van der Waals surface area contributed by atoms with Crippen LogP contribution in [-0.2, 0) is 6.37 Å². The van der Waals surface area contributed by atoms with E-state index in [1.165, 1.54) is 0 Å². The van der Waals surface area contributed by atoms with Gasteiger partial charge in [-0.1, -0.05) is 146 Å². The predicted molar refractivity (Wildman–Crippen MR) is 207 cm³/mol. The average Bonchev–Trinajstić information content (AvgIpc) is 3.65. The fourth-order valence-electron chi connectivity index (χ4n) is 6.99. The molecule has 232 valence electrons. The number of aryl methyl sites for hydroxylation is 1. The molecule has 0 fully saturated rings. The molecule has 0 atom stereocenters. The summed E-state index contributed by atoms with van der Waals surface area (Å²) in [6, 6.07) is 44.6. The third-order valence-corrected chi connectivity index (χ3v) is 9.14. The Morgan fingerprint density at radius 3 is 1.98 bits per heavy atom. The molecule has 0 bridgehead atoms. The second-order valence-electron chi connectivity index (χ2n) is 11.9. The third-order valence-electron chi connectivity index (χ3n) is 9.14. The van der Waals surface area contributed by atoms with E-state index in [1.54, 1.807) is 22.8 Å². The molecule has 2 nitrogen and oxygen atoms in total. The Hall–Kier alpha value is -6.25.